The minimum absolute atomic E-state index is 0.175. The van der Waals surface area contributed by atoms with Crippen molar-refractivity contribution in [3.63, 3.8) is 0 Å². The molecule has 0 aliphatic carbocycles. The third kappa shape index (κ3) is 3.04. The van der Waals surface area contributed by atoms with E-state index in [2.05, 4.69) is 15.3 Å². The molecular formula is C7H11ClN4O. The Hall–Kier alpha value is -1.07. The number of aromatic nitrogens is 2. The quantitative estimate of drug-likeness (QED) is 0.558. The van der Waals surface area contributed by atoms with Crippen LogP contribution >= 0.6 is 11.6 Å². The molecular weight excluding hydrogens is 192 g/mol. The van der Waals surface area contributed by atoms with Gasteiger partial charge in [-0.1, -0.05) is 0 Å². The Kier molecular flexibility index (Phi) is 3.72. The summed E-state index contributed by atoms with van der Waals surface area (Å²) < 4.78 is 4.85. The van der Waals surface area contributed by atoms with Crippen molar-refractivity contribution >= 4 is 23.1 Å². The molecule has 1 heterocycles. The van der Waals surface area contributed by atoms with Gasteiger partial charge in [-0.05, 0) is 11.6 Å². The summed E-state index contributed by atoms with van der Waals surface area (Å²) in [5, 5.41) is 3.14. The van der Waals surface area contributed by atoms with Gasteiger partial charge >= 0.3 is 0 Å². The first-order chi connectivity index (χ1) is 6.24. The van der Waals surface area contributed by atoms with E-state index in [9.17, 15) is 0 Å². The van der Waals surface area contributed by atoms with Gasteiger partial charge in [-0.15, -0.1) is 0 Å². The van der Waals surface area contributed by atoms with Crippen LogP contribution in [-0.2, 0) is 4.74 Å². The molecule has 1 rings (SSSR count). The predicted octanol–water partition coefficient (Wildman–Crippen LogP) is 0.770. The smallest absolute Gasteiger partial charge is 0.224 e. The van der Waals surface area contributed by atoms with Gasteiger partial charge in [0.25, 0.3) is 0 Å². The molecule has 3 N–H and O–H groups in total. The van der Waals surface area contributed by atoms with Crippen molar-refractivity contribution in [1.82, 2.24) is 9.97 Å². The molecule has 6 heteroatoms. The van der Waals surface area contributed by atoms with Crippen molar-refractivity contribution in [3.8, 4) is 0 Å². The molecule has 0 unspecified atom stereocenters. The van der Waals surface area contributed by atoms with Gasteiger partial charge in [0, 0.05) is 13.7 Å². The Bertz CT molecular complexity index is 281. The molecule has 0 saturated heterocycles. The molecule has 5 nitrogen and oxygen atoms in total. The summed E-state index contributed by atoms with van der Waals surface area (Å²) in [5.41, 5.74) is 6.06. The highest BCUT2D eigenvalue weighted by molar-refractivity contribution is 6.28. The summed E-state index contributed by atoms with van der Waals surface area (Å²) in [6.45, 7) is 1.22. The molecule has 0 aromatic carbocycles. The fourth-order valence-electron chi connectivity index (χ4n) is 0.783. The Balaban J connectivity index is 2.59. The highest BCUT2D eigenvalue weighted by atomic mass is 35.5. The normalized spacial score (nSPS) is 10.0. The maximum atomic E-state index is 5.58. The second-order valence-electron chi connectivity index (χ2n) is 2.36. The molecule has 0 bridgehead atoms. The molecule has 0 aliphatic heterocycles. The van der Waals surface area contributed by atoms with Crippen LogP contribution in [0.25, 0.3) is 0 Å². The van der Waals surface area contributed by atoms with Gasteiger partial charge in [-0.25, -0.2) is 4.98 Å². The van der Waals surface area contributed by atoms with E-state index in [0.717, 1.165) is 0 Å². The number of rotatable bonds is 4. The zero-order valence-corrected chi connectivity index (χ0v) is 8.01. The van der Waals surface area contributed by atoms with Crippen LogP contribution in [0.2, 0.25) is 5.28 Å². The van der Waals surface area contributed by atoms with Gasteiger partial charge in [0.1, 0.15) is 0 Å². The van der Waals surface area contributed by atoms with Crippen molar-refractivity contribution < 1.29 is 4.74 Å². The second kappa shape index (κ2) is 4.84. The fourth-order valence-corrected chi connectivity index (χ4v) is 0.916. The highest BCUT2D eigenvalue weighted by Crippen LogP contribution is 2.14. The van der Waals surface area contributed by atoms with Crippen LogP contribution in [0.15, 0.2) is 6.20 Å². The lowest BCUT2D eigenvalue weighted by Crippen LogP contribution is -2.11. The van der Waals surface area contributed by atoms with Crippen molar-refractivity contribution in [3.05, 3.63) is 11.5 Å². The van der Waals surface area contributed by atoms with Crippen molar-refractivity contribution in [2.45, 2.75) is 0 Å². The summed E-state index contributed by atoms with van der Waals surface area (Å²) in [6.07, 6.45) is 1.46. The molecule has 0 spiro atoms. The minimum atomic E-state index is 0.175. The zero-order chi connectivity index (χ0) is 9.68. The average Bonchev–Trinajstić information content (AvgIpc) is 2.11. The first kappa shape index (κ1) is 10.0. The molecule has 0 saturated carbocycles. The SMILES string of the molecule is COCCNc1nc(Cl)ncc1N. The molecule has 1 aromatic rings. The van der Waals surface area contributed by atoms with Crippen LogP contribution in [0, 0.1) is 0 Å². The fraction of sp³-hybridized carbons (Fsp3) is 0.429. The van der Waals surface area contributed by atoms with Crippen LogP contribution in [0.1, 0.15) is 0 Å². The second-order valence-corrected chi connectivity index (χ2v) is 2.70. The summed E-state index contributed by atoms with van der Waals surface area (Å²) in [6, 6.07) is 0. The van der Waals surface area contributed by atoms with Crippen molar-refractivity contribution in [1.29, 1.82) is 0 Å². The van der Waals surface area contributed by atoms with Gasteiger partial charge in [0.05, 0.1) is 18.5 Å². The van der Waals surface area contributed by atoms with E-state index in [0.29, 0.717) is 24.7 Å². The molecule has 72 valence electrons. The summed E-state index contributed by atoms with van der Waals surface area (Å²) in [7, 11) is 1.62. The number of anilines is 2. The molecule has 0 aliphatic rings. The Morgan fingerprint density at radius 2 is 2.46 bits per heavy atom. The van der Waals surface area contributed by atoms with Crippen molar-refractivity contribution in [2.75, 3.05) is 31.3 Å². The van der Waals surface area contributed by atoms with Crippen LogP contribution in [0.4, 0.5) is 11.5 Å². The lowest BCUT2D eigenvalue weighted by Gasteiger charge is -2.06. The largest absolute Gasteiger partial charge is 0.394 e. The average molecular weight is 203 g/mol. The number of ether oxygens (including phenoxy) is 1. The van der Waals surface area contributed by atoms with Gasteiger partial charge in [0.15, 0.2) is 5.82 Å². The van der Waals surface area contributed by atoms with Crippen molar-refractivity contribution in [2.24, 2.45) is 0 Å². The molecule has 0 amide bonds. The van der Waals surface area contributed by atoms with E-state index in [1.54, 1.807) is 7.11 Å². The third-order valence-corrected chi connectivity index (χ3v) is 1.57. The summed E-state index contributed by atoms with van der Waals surface area (Å²) in [5.74, 6) is 0.539. The number of halogens is 1. The first-order valence-electron chi connectivity index (χ1n) is 3.75. The molecule has 0 atom stereocenters. The lowest BCUT2D eigenvalue weighted by molar-refractivity contribution is 0.210. The Morgan fingerprint density at radius 1 is 1.69 bits per heavy atom. The highest BCUT2D eigenvalue weighted by Gasteiger charge is 2.01. The molecule has 0 radical (unpaired) electrons. The van der Waals surface area contributed by atoms with Gasteiger partial charge in [-0.3, -0.25) is 0 Å². The molecule has 13 heavy (non-hydrogen) atoms. The standard InChI is InChI=1S/C7H11ClN4O/c1-13-3-2-10-6-5(9)4-11-7(8)12-6/h4H,2-3,9H2,1H3,(H,10,11,12). The maximum absolute atomic E-state index is 5.58. The van der Waals surface area contributed by atoms with E-state index in [-0.39, 0.29) is 5.28 Å². The van der Waals surface area contributed by atoms with E-state index >= 15 is 0 Å². The number of hydrogen-bond donors (Lipinski definition) is 2. The molecule has 1 aromatic heterocycles. The Labute approximate surface area is 81.3 Å². The third-order valence-electron chi connectivity index (χ3n) is 1.39. The lowest BCUT2D eigenvalue weighted by atomic mass is 10.5. The predicted molar refractivity (Wildman–Crippen MR) is 51.8 cm³/mol. The number of methoxy groups -OCH3 is 1. The summed E-state index contributed by atoms with van der Waals surface area (Å²) in [4.78, 5) is 7.63. The van der Waals surface area contributed by atoms with Gasteiger partial charge in [-0.2, -0.15) is 4.98 Å². The number of nitrogen functional groups attached to an aromatic ring is 1. The van der Waals surface area contributed by atoms with E-state index in [1.807, 2.05) is 0 Å². The minimum Gasteiger partial charge on any atom is -0.394 e. The van der Waals surface area contributed by atoms with Crippen LogP contribution in [-0.4, -0.2) is 30.2 Å². The number of nitrogens with zero attached hydrogens (tertiary/aromatic N) is 2. The van der Waals surface area contributed by atoms with Crippen LogP contribution in [0.5, 0.6) is 0 Å². The van der Waals surface area contributed by atoms with E-state index in [4.69, 9.17) is 22.1 Å². The van der Waals surface area contributed by atoms with Gasteiger partial charge < -0.3 is 15.8 Å². The monoisotopic (exact) mass is 202 g/mol. The number of nitrogens with two attached hydrogens (primary N) is 1. The van der Waals surface area contributed by atoms with E-state index < -0.39 is 0 Å². The first-order valence-corrected chi connectivity index (χ1v) is 4.12. The summed E-state index contributed by atoms with van der Waals surface area (Å²) >= 11 is 5.58. The van der Waals surface area contributed by atoms with E-state index in [1.165, 1.54) is 6.20 Å². The van der Waals surface area contributed by atoms with Crippen LogP contribution in [0.3, 0.4) is 0 Å². The zero-order valence-electron chi connectivity index (χ0n) is 7.25. The Morgan fingerprint density at radius 3 is 3.15 bits per heavy atom. The number of hydrogen-bond acceptors (Lipinski definition) is 5. The van der Waals surface area contributed by atoms with Crippen LogP contribution < -0.4 is 11.1 Å². The topological polar surface area (TPSA) is 73.1 Å². The maximum Gasteiger partial charge on any atom is 0.224 e. The molecule has 0 fully saturated rings. The number of nitrogens with one attached hydrogen (secondary N) is 1. The van der Waals surface area contributed by atoms with Gasteiger partial charge in [0.2, 0.25) is 5.28 Å².